The van der Waals surface area contributed by atoms with Crippen molar-refractivity contribution in [1.82, 2.24) is 14.3 Å². The van der Waals surface area contributed by atoms with Gasteiger partial charge in [-0.1, -0.05) is 66.4 Å². The first-order chi connectivity index (χ1) is 19.9. The fourth-order valence-corrected chi connectivity index (χ4v) is 5.88. The number of carbonyl (C=O) groups is 1. The van der Waals surface area contributed by atoms with Crippen LogP contribution in [0.2, 0.25) is 0 Å². The minimum Gasteiger partial charge on any atom is -0.493 e. The van der Waals surface area contributed by atoms with Gasteiger partial charge in [0.1, 0.15) is 15.8 Å². The minimum absolute atomic E-state index is 0.232. The van der Waals surface area contributed by atoms with Gasteiger partial charge in [0.15, 0.2) is 11.5 Å². The molecule has 0 bridgehead atoms. The molecule has 2 aromatic carbocycles. The maximum absolute atomic E-state index is 13.7. The average Bonchev–Trinajstić information content (AvgIpc) is 3.25. The second-order valence-corrected chi connectivity index (χ2v) is 11.2. The lowest BCUT2D eigenvalue weighted by molar-refractivity contribution is -0.122. The maximum Gasteiger partial charge on any atom is 0.267 e. The number of aromatic nitrogens is 2. The summed E-state index contributed by atoms with van der Waals surface area (Å²) in [5.41, 5.74) is 3.68. The number of aryl methyl sites for hydroxylation is 1. The zero-order valence-electron chi connectivity index (χ0n) is 23.0. The van der Waals surface area contributed by atoms with Gasteiger partial charge in [-0.3, -0.25) is 18.9 Å². The molecule has 1 aliphatic heterocycles. The number of fused-ring (bicyclic) bond motifs is 1. The van der Waals surface area contributed by atoms with Crippen LogP contribution in [-0.2, 0) is 17.6 Å². The topological polar surface area (TPSA) is 85.2 Å². The van der Waals surface area contributed by atoms with Gasteiger partial charge < -0.3 is 14.8 Å². The van der Waals surface area contributed by atoms with Crippen LogP contribution >= 0.6 is 24.0 Å². The molecule has 210 valence electrons. The Morgan fingerprint density at radius 1 is 0.976 bits per heavy atom. The third kappa shape index (κ3) is 6.28. The van der Waals surface area contributed by atoms with Crippen LogP contribution in [0.3, 0.4) is 0 Å². The number of amides is 1. The Labute approximate surface area is 248 Å². The highest BCUT2D eigenvalue weighted by Crippen LogP contribution is 2.34. The van der Waals surface area contributed by atoms with E-state index in [1.54, 1.807) is 31.4 Å². The van der Waals surface area contributed by atoms with Crippen LogP contribution in [0.25, 0.3) is 11.7 Å². The van der Waals surface area contributed by atoms with Crippen LogP contribution in [0.15, 0.2) is 76.6 Å². The van der Waals surface area contributed by atoms with E-state index in [9.17, 15) is 9.59 Å². The smallest absolute Gasteiger partial charge is 0.267 e. The molecule has 10 heteroatoms. The van der Waals surface area contributed by atoms with E-state index >= 15 is 0 Å². The van der Waals surface area contributed by atoms with E-state index in [0.29, 0.717) is 57.3 Å². The monoisotopic (exact) mass is 586 g/mol. The quantitative estimate of drug-likeness (QED) is 0.203. The molecule has 1 saturated heterocycles. The van der Waals surface area contributed by atoms with Gasteiger partial charge in [0.05, 0.1) is 24.7 Å². The number of pyridine rings is 1. The fraction of sp³-hybridized carbons (Fsp3) is 0.226. The molecule has 0 saturated carbocycles. The number of ether oxygens (including phenoxy) is 2. The molecule has 0 aliphatic carbocycles. The van der Waals surface area contributed by atoms with Crippen LogP contribution in [0.4, 0.5) is 5.82 Å². The van der Waals surface area contributed by atoms with E-state index in [1.165, 1.54) is 21.7 Å². The predicted molar refractivity (Wildman–Crippen MR) is 168 cm³/mol. The second-order valence-electron chi connectivity index (χ2n) is 9.55. The average molecular weight is 587 g/mol. The molecule has 3 heterocycles. The lowest BCUT2D eigenvalue weighted by Gasteiger charge is -2.15. The maximum atomic E-state index is 13.7. The molecule has 0 radical (unpaired) electrons. The molecule has 8 nitrogen and oxygen atoms in total. The normalized spacial score (nSPS) is 14.2. The van der Waals surface area contributed by atoms with Crippen molar-refractivity contribution in [3.63, 3.8) is 0 Å². The third-order valence-electron chi connectivity index (χ3n) is 6.78. The summed E-state index contributed by atoms with van der Waals surface area (Å²) in [7, 11) is 3.18. The number of nitrogens with zero attached hydrogens (tertiary/aromatic N) is 3. The van der Waals surface area contributed by atoms with E-state index in [2.05, 4.69) is 17.4 Å². The Morgan fingerprint density at radius 2 is 1.76 bits per heavy atom. The molecule has 0 spiro atoms. The first-order valence-electron chi connectivity index (χ1n) is 13.1. The first-order valence-corrected chi connectivity index (χ1v) is 14.4. The highest BCUT2D eigenvalue weighted by atomic mass is 32.2. The van der Waals surface area contributed by atoms with E-state index < -0.39 is 0 Å². The van der Waals surface area contributed by atoms with Crippen LogP contribution in [0.5, 0.6) is 11.5 Å². The largest absolute Gasteiger partial charge is 0.493 e. The van der Waals surface area contributed by atoms with Crippen molar-refractivity contribution in [3.05, 3.63) is 104 Å². The summed E-state index contributed by atoms with van der Waals surface area (Å²) >= 11 is 6.76. The molecule has 2 aromatic heterocycles. The van der Waals surface area contributed by atoms with Crippen molar-refractivity contribution in [3.8, 4) is 11.5 Å². The third-order valence-corrected chi connectivity index (χ3v) is 8.15. The summed E-state index contributed by atoms with van der Waals surface area (Å²) in [4.78, 5) is 33.8. The number of thioether (sulfide) groups is 1. The molecule has 1 amide bonds. The SMILES string of the molecule is COc1ccc(CCN2C(=O)/C(=C\c3c(NCCc4ccccc4)nc4ccc(C)cn4c3=O)SC2=S)cc1OC. The van der Waals surface area contributed by atoms with Crippen molar-refractivity contribution in [1.29, 1.82) is 0 Å². The zero-order chi connectivity index (χ0) is 28.9. The van der Waals surface area contributed by atoms with Gasteiger partial charge in [0.25, 0.3) is 11.5 Å². The molecule has 1 fully saturated rings. The Hall–Kier alpha value is -4.15. The van der Waals surface area contributed by atoms with Gasteiger partial charge in [0.2, 0.25) is 0 Å². The molecule has 41 heavy (non-hydrogen) atoms. The molecular formula is C31H30N4O4S2. The number of carbonyl (C=O) groups excluding carboxylic acids is 1. The van der Waals surface area contributed by atoms with Gasteiger partial charge in [-0.25, -0.2) is 4.98 Å². The Kier molecular flexibility index (Phi) is 8.70. The lowest BCUT2D eigenvalue weighted by atomic mass is 10.1. The van der Waals surface area contributed by atoms with Gasteiger partial charge in [0, 0.05) is 19.3 Å². The fourth-order valence-electron chi connectivity index (χ4n) is 4.59. The van der Waals surface area contributed by atoms with Gasteiger partial charge >= 0.3 is 0 Å². The number of benzene rings is 2. The number of hydrogen-bond acceptors (Lipinski definition) is 8. The van der Waals surface area contributed by atoms with Crippen LogP contribution in [0.1, 0.15) is 22.3 Å². The molecule has 1 aliphatic rings. The van der Waals surface area contributed by atoms with Crippen LogP contribution < -0.4 is 20.3 Å². The second kappa shape index (κ2) is 12.6. The number of nitrogens with one attached hydrogen (secondary N) is 1. The van der Waals surface area contributed by atoms with E-state index in [1.807, 2.05) is 55.5 Å². The van der Waals surface area contributed by atoms with Crippen molar-refractivity contribution in [2.75, 3.05) is 32.6 Å². The van der Waals surface area contributed by atoms with Crippen molar-refractivity contribution in [2.45, 2.75) is 19.8 Å². The Bertz CT molecular complexity index is 1700. The standard InChI is InChI=1S/C31H30N4O4S2/c1-20-9-12-27-33-28(32-15-13-21-7-5-4-6-8-21)23(29(36)35(27)19-20)18-26-30(37)34(31(40)41-26)16-14-22-10-11-24(38-2)25(17-22)39-3/h4-12,17-19,32H,13-16H2,1-3H3/b26-18+. The number of methoxy groups -OCH3 is 2. The van der Waals surface area contributed by atoms with E-state index in [-0.39, 0.29) is 11.5 Å². The van der Waals surface area contributed by atoms with Crippen molar-refractivity contribution in [2.24, 2.45) is 0 Å². The Balaban J connectivity index is 1.41. The van der Waals surface area contributed by atoms with E-state index in [4.69, 9.17) is 26.7 Å². The van der Waals surface area contributed by atoms with Crippen LogP contribution in [0, 0.1) is 6.92 Å². The zero-order valence-corrected chi connectivity index (χ0v) is 24.7. The summed E-state index contributed by atoms with van der Waals surface area (Å²) in [6.07, 6.45) is 4.70. The number of rotatable bonds is 10. The summed E-state index contributed by atoms with van der Waals surface area (Å²) in [5.74, 6) is 1.47. The van der Waals surface area contributed by atoms with Crippen molar-refractivity contribution < 1.29 is 14.3 Å². The summed E-state index contributed by atoms with van der Waals surface area (Å²) in [5, 5.41) is 3.33. The summed E-state index contributed by atoms with van der Waals surface area (Å²) in [6, 6.07) is 19.5. The molecule has 4 aromatic rings. The van der Waals surface area contributed by atoms with Gasteiger partial charge in [-0.15, -0.1) is 0 Å². The molecule has 5 rings (SSSR count). The molecule has 1 N–H and O–H groups in total. The van der Waals surface area contributed by atoms with Gasteiger partial charge in [-0.2, -0.15) is 0 Å². The van der Waals surface area contributed by atoms with Gasteiger partial charge in [-0.05, 0) is 60.7 Å². The highest BCUT2D eigenvalue weighted by molar-refractivity contribution is 8.26. The molecular weight excluding hydrogens is 556 g/mol. The lowest BCUT2D eigenvalue weighted by Crippen LogP contribution is -2.30. The van der Waals surface area contributed by atoms with E-state index in [0.717, 1.165) is 17.5 Å². The number of thiocarbonyl (C=S) groups is 1. The summed E-state index contributed by atoms with van der Waals surface area (Å²) < 4.78 is 12.7. The minimum atomic E-state index is -0.253. The van der Waals surface area contributed by atoms with Crippen LogP contribution in [-0.4, -0.2) is 51.8 Å². The summed E-state index contributed by atoms with van der Waals surface area (Å²) in [6.45, 7) is 2.89. The molecule has 0 atom stereocenters. The van der Waals surface area contributed by atoms with Crippen molar-refractivity contribution >= 4 is 51.7 Å². The Morgan fingerprint density at radius 3 is 2.51 bits per heavy atom. The number of anilines is 1. The molecule has 0 unspecified atom stereocenters. The highest BCUT2D eigenvalue weighted by Gasteiger charge is 2.32. The predicted octanol–water partition coefficient (Wildman–Crippen LogP) is 5.12. The number of hydrogen-bond donors (Lipinski definition) is 1. The first kappa shape index (κ1) is 28.4.